The molecule has 0 aromatic carbocycles. The summed E-state index contributed by atoms with van der Waals surface area (Å²) in [6.45, 7) is 4.35. The van der Waals surface area contributed by atoms with Crippen LogP contribution < -0.4 is 0 Å². The third-order valence-corrected chi connectivity index (χ3v) is 2.39. The number of nitriles is 1. The van der Waals surface area contributed by atoms with Crippen LogP contribution in [0.3, 0.4) is 0 Å². The van der Waals surface area contributed by atoms with Gasteiger partial charge in [0.15, 0.2) is 0 Å². The second-order valence-electron chi connectivity index (χ2n) is 3.29. The van der Waals surface area contributed by atoms with E-state index in [1.165, 1.54) is 10.8 Å². The number of hydrogen-bond acceptors (Lipinski definition) is 1. The van der Waals surface area contributed by atoms with Gasteiger partial charge in [0.25, 0.3) is 0 Å². The maximum absolute atomic E-state index is 8.75. The minimum Gasteiger partial charge on any atom is -0.198 e. The van der Waals surface area contributed by atoms with E-state index in [1.54, 1.807) is 0 Å². The van der Waals surface area contributed by atoms with Crippen molar-refractivity contribution < 1.29 is 0 Å². The fourth-order valence-electron chi connectivity index (χ4n) is 1.13. The summed E-state index contributed by atoms with van der Waals surface area (Å²) in [6.07, 6.45) is 3.33. The summed E-state index contributed by atoms with van der Waals surface area (Å²) in [4.78, 5) is 0. The molecule has 0 saturated carbocycles. The van der Waals surface area contributed by atoms with Gasteiger partial charge in [0.05, 0.1) is 6.07 Å². The summed E-state index contributed by atoms with van der Waals surface area (Å²) in [5.74, 6) is 0.957. The van der Waals surface area contributed by atoms with Crippen LogP contribution in [0.5, 0.6) is 0 Å². The molecule has 0 N–H and O–H groups in total. The number of halogens is 1. The Kier molecular flexibility index (Phi) is 7.04. The molecule has 0 aromatic rings. The molecule has 0 bridgehead atoms. The first-order valence-electron chi connectivity index (χ1n) is 4.16. The largest absolute Gasteiger partial charge is 0.198 e. The number of nitrogens with zero attached hydrogens (tertiary/aromatic N) is 1. The lowest BCUT2D eigenvalue weighted by molar-refractivity contribution is 0.458. The quantitative estimate of drug-likeness (QED) is 0.552. The van der Waals surface area contributed by atoms with Crippen LogP contribution >= 0.6 is 22.6 Å². The first-order chi connectivity index (χ1) is 5.20. The van der Waals surface area contributed by atoms with Gasteiger partial charge in [-0.3, -0.25) is 0 Å². The Morgan fingerprint density at radius 3 is 2.45 bits per heavy atom. The van der Waals surface area contributed by atoms with Gasteiger partial charge in [0.2, 0.25) is 0 Å². The highest BCUT2D eigenvalue weighted by Crippen LogP contribution is 2.16. The van der Waals surface area contributed by atoms with Crippen LogP contribution in [-0.4, -0.2) is 4.43 Å². The van der Waals surface area contributed by atoms with Crippen LogP contribution in [0, 0.1) is 23.2 Å². The van der Waals surface area contributed by atoms with Crippen molar-refractivity contribution in [3.8, 4) is 6.07 Å². The molecule has 1 nitrogen and oxygen atoms in total. The summed E-state index contributed by atoms with van der Waals surface area (Å²) in [5.41, 5.74) is 0. The molecule has 0 rings (SSSR count). The highest BCUT2D eigenvalue weighted by Gasteiger charge is 2.08. The molecule has 1 atom stereocenters. The Labute approximate surface area is 83.3 Å². The summed E-state index contributed by atoms with van der Waals surface area (Å²) >= 11 is 2.36. The summed E-state index contributed by atoms with van der Waals surface area (Å²) in [7, 11) is 0. The molecule has 0 saturated heterocycles. The lowest BCUT2D eigenvalue weighted by atomic mass is 9.95. The summed E-state index contributed by atoms with van der Waals surface area (Å²) < 4.78 is 1.17. The fraction of sp³-hybridized carbons (Fsp3) is 0.889. The standard InChI is InChI=1S/C9H16IN/c1-8(2)6-9(7-11)4-3-5-10/h8-9H,3-6H2,1-2H3. The fourth-order valence-corrected chi connectivity index (χ4v) is 1.57. The van der Waals surface area contributed by atoms with Crippen molar-refractivity contribution in [3.05, 3.63) is 0 Å². The van der Waals surface area contributed by atoms with Crippen molar-refractivity contribution >= 4 is 22.6 Å². The smallest absolute Gasteiger partial charge is 0.0655 e. The van der Waals surface area contributed by atoms with Crippen LogP contribution in [-0.2, 0) is 0 Å². The minimum atomic E-state index is 0.296. The second-order valence-corrected chi connectivity index (χ2v) is 4.37. The minimum absolute atomic E-state index is 0.296. The SMILES string of the molecule is CC(C)CC(C#N)CCCI. The normalized spacial score (nSPS) is 13.0. The number of hydrogen-bond donors (Lipinski definition) is 0. The Hall–Kier alpha value is 0.220. The molecule has 2 heteroatoms. The number of rotatable bonds is 5. The van der Waals surface area contributed by atoms with E-state index in [0.717, 1.165) is 12.8 Å². The van der Waals surface area contributed by atoms with Crippen LogP contribution in [0.15, 0.2) is 0 Å². The van der Waals surface area contributed by atoms with E-state index in [-0.39, 0.29) is 0 Å². The van der Waals surface area contributed by atoms with Crippen molar-refractivity contribution in [1.82, 2.24) is 0 Å². The first-order valence-corrected chi connectivity index (χ1v) is 5.68. The van der Waals surface area contributed by atoms with E-state index < -0.39 is 0 Å². The van der Waals surface area contributed by atoms with Gasteiger partial charge in [0, 0.05) is 5.92 Å². The average Bonchev–Trinajstić information content (AvgIpc) is 1.97. The molecular formula is C9H16IN. The predicted octanol–water partition coefficient (Wildman–Crippen LogP) is 3.39. The van der Waals surface area contributed by atoms with Gasteiger partial charge in [-0.1, -0.05) is 36.4 Å². The van der Waals surface area contributed by atoms with Crippen LogP contribution in [0.2, 0.25) is 0 Å². The van der Waals surface area contributed by atoms with Crippen LogP contribution in [0.4, 0.5) is 0 Å². The van der Waals surface area contributed by atoms with Gasteiger partial charge < -0.3 is 0 Å². The zero-order valence-electron chi connectivity index (χ0n) is 7.31. The second kappa shape index (κ2) is 6.90. The molecule has 0 amide bonds. The highest BCUT2D eigenvalue weighted by atomic mass is 127. The Bertz CT molecular complexity index is 126. The van der Waals surface area contributed by atoms with E-state index in [2.05, 4.69) is 42.5 Å². The average molecular weight is 265 g/mol. The lowest BCUT2D eigenvalue weighted by Crippen LogP contribution is -2.02. The molecule has 11 heavy (non-hydrogen) atoms. The van der Waals surface area contributed by atoms with Gasteiger partial charge in [0.1, 0.15) is 0 Å². The van der Waals surface area contributed by atoms with Crippen molar-refractivity contribution in [2.45, 2.75) is 33.1 Å². The van der Waals surface area contributed by atoms with Gasteiger partial charge in [-0.25, -0.2) is 0 Å². The molecule has 0 heterocycles. The van der Waals surface area contributed by atoms with E-state index in [4.69, 9.17) is 5.26 Å². The van der Waals surface area contributed by atoms with Gasteiger partial charge in [-0.15, -0.1) is 0 Å². The Balaban J connectivity index is 3.52. The van der Waals surface area contributed by atoms with Crippen molar-refractivity contribution in [2.75, 3.05) is 4.43 Å². The predicted molar refractivity (Wildman–Crippen MR) is 56.7 cm³/mol. The summed E-state index contributed by atoms with van der Waals surface area (Å²) in [5, 5.41) is 8.75. The monoisotopic (exact) mass is 265 g/mol. The van der Waals surface area contributed by atoms with E-state index in [9.17, 15) is 0 Å². The van der Waals surface area contributed by atoms with Gasteiger partial charge in [-0.05, 0) is 29.6 Å². The topological polar surface area (TPSA) is 23.8 Å². The molecule has 0 aliphatic heterocycles. The van der Waals surface area contributed by atoms with Crippen LogP contribution in [0.1, 0.15) is 33.1 Å². The van der Waals surface area contributed by atoms with E-state index in [1.807, 2.05) is 0 Å². The molecule has 0 fully saturated rings. The van der Waals surface area contributed by atoms with Gasteiger partial charge in [-0.2, -0.15) is 5.26 Å². The molecule has 0 aromatic heterocycles. The van der Waals surface area contributed by atoms with E-state index >= 15 is 0 Å². The molecule has 1 unspecified atom stereocenters. The summed E-state index contributed by atoms with van der Waals surface area (Å²) in [6, 6.07) is 2.36. The molecule has 0 aliphatic carbocycles. The highest BCUT2D eigenvalue weighted by molar-refractivity contribution is 14.1. The van der Waals surface area contributed by atoms with Crippen LogP contribution in [0.25, 0.3) is 0 Å². The maximum Gasteiger partial charge on any atom is 0.0655 e. The molecule has 0 spiro atoms. The zero-order valence-corrected chi connectivity index (χ0v) is 9.47. The Morgan fingerprint density at radius 2 is 2.09 bits per heavy atom. The maximum atomic E-state index is 8.75. The van der Waals surface area contributed by atoms with Crippen molar-refractivity contribution in [2.24, 2.45) is 11.8 Å². The van der Waals surface area contributed by atoms with E-state index in [0.29, 0.717) is 11.8 Å². The number of alkyl halides is 1. The third-order valence-electron chi connectivity index (χ3n) is 1.62. The first kappa shape index (κ1) is 11.2. The molecule has 64 valence electrons. The molecular weight excluding hydrogens is 249 g/mol. The zero-order chi connectivity index (χ0) is 8.69. The molecule has 0 aliphatic rings. The Morgan fingerprint density at radius 1 is 1.45 bits per heavy atom. The lowest BCUT2D eigenvalue weighted by Gasteiger charge is -2.09. The molecule has 0 radical (unpaired) electrons. The van der Waals surface area contributed by atoms with Crippen molar-refractivity contribution in [1.29, 1.82) is 5.26 Å². The third kappa shape index (κ3) is 6.61. The van der Waals surface area contributed by atoms with Crippen molar-refractivity contribution in [3.63, 3.8) is 0 Å². The van der Waals surface area contributed by atoms with Gasteiger partial charge >= 0.3 is 0 Å².